The summed E-state index contributed by atoms with van der Waals surface area (Å²) in [5.74, 6) is 0.460. The number of hydrogen-bond acceptors (Lipinski definition) is 4. The molecular weight excluding hydrogens is 373 g/mol. The maximum Gasteiger partial charge on any atom is 0.417 e. The summed E-state index contributed by atoms with van der Waals surface area (Å²) in [6.45, 7) is 0. The average molecular weight is 383 g/mol. The van der Waals surface area contributed by atoms with Gasteiger partial charge in [0.25, 0.3) is 0 Å². The third kappa shape index (κ3) is 4.09. The zero-order valence-electron chi connectivity index (χ0n) is 12.8. The van der Waals surface area contributed by atoms with E-state index in [2.05, 4.69) is 31.3 Å². The van der Waals surface area contributed by atoms with E-state index in [-0.39, 0.29) is 5.69 Å². The molecule has 0 aliphatic rings. The van der Waals surface area contributed by atoms with Gasteiger partial charge in [-0.3, -0.25) is 0 Å². The van der Waals surface area contributed by atoms with Crippen LogP contribution in [0.2, 0.25) is 5.02 Å². The molecule has 3 N–H and O–H groups in total. The van der Waals surface area contributed by atoms with Gasteiger partial charge in [0.05, 0.1) is 10.6 Å². The Bertz CT molecular complexity index is 912. The number of aromatic nitrogens is 4. The summed E-state index contributed by atoms with van der Waals surface area (Å²) in [5, 5.41) is 17.6. The lowest BCUT2D eigenvalue weighted by atomic mass is 10.2. The Morgan fingerprint density at radius 2 is 1.69 bits per heavy atom. The van der Waals surface area contributed by atoms with Gasteiger partial charge in [-0.05, 0) is 52.9 Å². The van der Waals surface area contributed by atoms with Crippen molar-refractivity contribution in [2.75, 3.05) is 10.6 Å². The Morgan fingerprint density at radius 1 is 1.04 bits per heavy atom. The summed E-state index contributed by atoms with van der Waals surface area (Å²) in [6.07, 6.45) is -4.61. The normalized spacial score (nSPS) is 11.2. The number of carbonyl (C=O) groups is 1. The number of nitrogens with zero attached hydrogens (tertiary/aromatic N) is 3. The molecule has 2 amide bonds. The number of tetrazole rings is 1. The molecule has 0 aliphatic carbocycles. The maximum absolute atomic E-state index is 12.8. The number of alkyl halides is 3. The Kier molecular flexibility index (Phi) is 4.76. The number of urea groups is 1. The molecule has 0 unspecified atom stereocenters. The van der Waals surface area contributed by atoms with E-state index in [0.29, 0.717) is 17.1 Å². The van der Waals surface area contributed by atoms with E-state index in [9.17, 15) is 18.0 Å². The minimum Gasteiger partial charge on any atom is -0.308 e. The second kappa shape index (κ2) is 7.00. The molecule has 1 aromatic heterocycles. The summed E-state index contributed by atoms with van der Waals surface area (Å²) in [4.78, 5) is 12.0. The van der Waals surface area contributed by atoms with Gasteiger partial charge in [-0.1, -0.05) is 11.6 Å². The summed E-state index contributed by atoms with van der Waals surface area (Å²) < 4.78 is 38.5. The number of nitrogens with one attached hydrogen (secondary N) is 3. The highest BCUT2D eigenvalue weighted by molar-refractivity contribution is 6.31. The Balaban J connectivity index is 1.68. The molecule has 0 saturated carbocycles. The van der Waals surface area contributed by atoms with Crippen LogP contribution in [0.3, 0.4) is 0 Å². The van der Waals surface area contributed by atoms with E-state index in [4.69, 9.17) is 11.6 Å². The molecule has 26 heavy (non-hydrogen) atoms. The van der Waals surface area contributed by atoms with Crippen molar-refractivity contribution in [1.29, 1.82) is 0 Å². The lowest BCUT2D eigenvalue weighted by Crippen LogP contribution is -2.19. The Hall–Kier alpha value is -3.14. The standard InChI is InChI=1S/C15H10ClF3N6O/c16-12-6-5-10(7-11(12)15(17,18)19)21-14(26)20-9-3-1-8(2-4-9)13-22-24-25-23-13/h1-7H,(H2,20,21,26)(H,22,23,24,25). The van der Waals surface area contributed by atoms with Crippen molar-refractivity contribution in [2.24, 2.45) is 0 Å². The molecule has 0 atom stereocenters. The number of benzene rings is 2. The molecule has 1 heterocycles. The van der Waals surface area contributed by atoms with Crippen molar-refractivity contribution in [3.05, 3.63) is 53.1 Å². The number of anilines is 2. The van der Waals surface area contributed by atoms with Crippen molar-refractivity contribution < 1.29 is 18.0 Å². The number of halogens is 4. The lowest BCUT2D eigenvalue weighted by molar-refractivity contribution is -0.137. The third-order valence-corrected chi connectivity index (χ3v) is 3.62. The molecule has 0 saturated heterocycles. The topological polar surface area (TPSA) is 95.6 Å². The molecular formula is C15H10ClF3N6O. The Labute approximate surface area is 149 Å². The van der Waals surface area contributed by atoms with Gasteiger partial charge in [-0.25, -0.2) is 9.89 Å². The van der Waals surface area contributed by atoms with Crippen molar-refractivity contribution in [3.63, 3.8) is 0 Å². The van der Waals surface area contributed by atoms with Crippen LogP contribution in [0.4, 0.5) is 29.3 Å². The highest BCUT2D eigenvalue weighted by Gasteiger charge is 2.33. The maximum atomic E-state index is 12.8. The fourth-order valence-corrected chi connectivity index (χ4v) is 2.33. The van der Waals surface area contributed by atoms with Crippen LogP contribution >= 0.6 is 11.6 Å². The van der Waals surface area contributed by atoms with Gasteiger partial charge in [0.1, 0.15) is 0 Å². The second-order valence-electron chi connectivity index (χ2n) is 5.10. The van der Waals surface area contributed by atoms with Crippen LogP contribution in [0.15, 0.2) is 42.5 Å². The summed E-state index contributed by atoms with van der Waals surface area (Å²) in [5.41, 5.74) is 0.0720. The van der Waals surface area contributed by atoms with Crippen molar-refractivity contribution >= 4 is 29.0 Å². The lowest BCUT2D eigenvalue weighted by Gasteiger charge is -2.12. The number of aromatic amines is 1. The molecule has 3 rings (SSSR count). The molecule has 0 bridgehead atoms. The Morgan fingerprint density at radius 3 is 2.31 bits per heavy atom. The van der Waals surface area contributed by atoms with Crippen LogP contribution in [0.5, 0.6) is 0 Å². The van der Waals surface area contributed by atoms with Crippen molar-refractivity contribution in [2.45, 2.75) is 6.18 Å². The smallest absolute Gasteiger partial charge is 0.308 e. The number of amides is 2. The van der Waals surface area contributed by atoms with Gasteiger partial charge < -0.3 is 10.6 Å². The van der Waals surface area contributed by atoms with Crippen LogP contribution in [-0.4, -0.2) is 26.7 Å². The molecule has 3 aromatic rings. The van der Waals surface area contributed by atoms with Gasteiger partial charge in [-0.2, -0.15) is 13.2 Å². The highest BCUT2D eigenvalue weighted by atomic mass is 35.5. The fraction of sp³-hybridized carbons (Fsp3) is 0.0667. The predicted octanol–water partition coefficient (Wildman–Crippen LogP) is 4.18. The third-order valence-electron chi connectivity index (χ3n) is 3.29. The van der Waals surface area contributed by atoms with Crippen LogP contribution in [0.1, 0.15) is 5.56 Å². The molecule has 2 aromatic carbocycles. The van der Waals surface area contributed by atoms with Gasteiger partial charge in [-0.15, -0.1) is 5.10 Å². The monoisotopic (exact) mass is 382 g/mol. The molecule has 11 heteroatoms. The first-order valence-electron chi connectivity index (χ1n) is 7.12. The van der Waals surface area contributed by atoms with E-state index in [1.54, 1.807) is 24.3 Å². The van der Waals surface area contributed by atoms with Gasteiger partial charge in [0.15, 0.2) is 5.82 Å². The summed E-state index contributed by atoms with van der Waals surface area (Å²) >= 11 is 5.54. The van der Waals surface area contributed by atoms with E-state index in [0.717, 1.165) is 12.1 Å². The number of H-pyrrole nitrogens is 1. The van der Waals surface area contributed by atoms with Gasteiger partial charge in [0, 0.05) is 16.9 Å². The molecule has 0 radical (unpaired) electrons. The van der Waals surface area contributed by atoms with Crippen LogP contribution in [-0.2, 0) is 6.18 Å². The molecule has 0 aliphatic heterocycles. The number of rotatable bonds is 3. The number of hydrogen-bond donors (Lipinski definition) is 3. The first-order chi connectivity index (χ1) is 12.3. The van der Waals surface area contributed by atoms with Crippen LogP contribution < -0.4 is 10.6 Å². The largest absolute Gasteiger partial charge is 0.417 e. The minimum absolute atomic E-state index is 0.0384. The zero-order chi connectivity index (χ0) is 18.7. The molecule has 7 nitrogen and oxygen atoms in total. The van der Waals surface area contributed by atoms with E-state index >= 15 is 0 Å². The average Bonchev–Trinajstić information content (AvgIpc) is 3.11. The highest BCUT2D eigenvalue weighted by Crippen LogP contribution is 2.36. The minimum atomic E-state index is -4.61. The van der Waals surface area contributed by atoms with E-state index < -0.39 is 22.8 Å². The summed E-state index contributed by atoms with van der Waals surface area (Å²) in [7, 11) is 0. The van der Waals surface area contributed by atoms with Crippen LogP contribution in [0, 0.1) is 0 Å². The SMILES string of the molecule is O=C(Nc1ccc(-c2nnn[nH]2)cc1)Nc1ccc(Cl)c(C(F)(F)F)c1. The van der Waals surface area contributed by atoms with Gasteiger partial charge in [0.2, 0.25) is 0 Å². The summed E-state index contributed by atoms with van der Waals surface area (Å²) in [6, 6.07) is 8.94. The zero-order valence-corrected chi connectivity index (χ0v) is 13.6. The molecule has 0 spiro atoms. The van der Waals surface area contributed by atoms with Crippen molar-refractivity contribution in [1.82, 2.24) is 20.6 Å². The van der Waals surface area contributed by atoms with E-state index in [1.165, 1.54) is 6.07 Å². The predicted molar refractivity (Wildman–Crippen MR) is 88.7 cm³/mol. The van der Waals surface area contributed by atoms with Gasteiger partial charge >= 0.3 is 12.2 Å². The second-order valence-corrected chi connectivity index (χ2v) is 5.51. The fourth-order valence-electron chi connectivity index (χ4n) is 2.11. The quantitative estimate of drug-likeness (QED) is 0.633. The number of carbonyl (C=O) groups excluding carboxylic acids is 1. The first-order valence-corrected chi connectivity index (χ1v) is 7.49. The molecule has 134 valence electrons. The van der Waals surface area contributed by atoms with Crippen LogP contribution in [0.25, 0.3) is 11.4 Å². The molecule has 0 fully saturated rings. The van der Waals surface area contributed by atoms with Crippen molar-refractivity contribution in [3.8, 4) is 11.4 Å². The van der Waals surface area contributed by atoms with E-state index in [1.807, 2.05) is 0 Å². The first kappa shape index (κ1) is 17.7.